The third kappa shape index (κ3) is 2.40. The van der Waals surface area contributed by atoms with Gasteiger partial charge in [0.05, 0.1) is 12.0 Å². The zero-order valence-corrected chi connectivity index (χ0v) is 10.7. The minimum atomic E-state index is -1.26. The molecule has 1 heterocycles. The maximum absolute atomic E-state index is 11.2. The Morgan fingerprint density at radius 2 is 2.24 bits per heavy atom. The van der Waals surface area contributed by atoms with Crippen LogP contribution >= 0.6 is 11.8 Å². The number of aliphatic hydroxyl groups excluding tert-OH is 1. The van der Waals surface area contributed by atoms with Crippen LogP contribution in [-0.2, 0) is 9.53 Å². The molecule has 1 atom stereocenters. The summed E-state index contributed by atoms with van der Waals surface area (Å²) in [5.74, 6) is 0.0234. The van der Waals surface area contributed by atoms with E-state index in [0.717, 1.165) is 4.90 Å². The molecule has 0 saturated heterocycles. The zero-order valence-electron chi connectivity index (χ0n) is 9.89. The summed E-state index contributed by atoms with van der Waals surface area (Å²) in [5, 5.41) is 9.71. The lowest BCUT2D eigenvalue weighted by Crippen LogP contribution is -2.18. The van der Waals surface area contributed by atoms with Gasteiger partial charge in [-0.3, -0.25) is 0 Å². The van der Waals surface area contributed by atoms with Crippen LogP contribution < -0.4 is 4.74 Å². The van der Waals surface area contributed by atoms with Crippen LogP contribution in [0, 0.1) is 0 Å². The molecule has 1 N–H and O–H groups in total. The number of hydrogen-bond donors (Lipinski definition) is 1. The highest BCUT2D eigenvalue weighted by Gasteiger charge is 2.32. The van der Waals surface area contributed by atoms with Crippen LogP contribution in [0.5, 0.6) is 5.75 Å². The number of rotatable bonds is 2. The highest BCUT2D eigenvalue weighted by Crippen LogP contribution is 2.47. The second kappa shape index (κ2) is 4.23. The predicted octanol–water partition coefficient (Wildman–Crippen LogP) is 2.11. The molecule has 1 aliphatic rings. The summed E-state index contributed by atoms with van der Waals surface area (Å²) in [6, 6.07) is 5.23. The number of carbonyl (C=O) groups excluding carboxylic acids is 1. The first-order valence-corrected chi connectivity index (χ1v) is 6.02. The topological polar surface area (TPSA) is 55.8 Å². The van der Waals surface area contributed by atoms with Crippen LogP contribution in [0.1, 0.15) is 25.5 Å². The summed E-state index contributed by atoms with van der Waals surface area (Å²) < 4.78 is 10.2. The Morgan fingerprint density at radius 1 is 1.53 bits per heavy atom. The number of fused-ring (bicyclic) bond motifs is 1. The fraction of sp³-hybridized carbons (Fsp3) is 0.417. The van der Waals surface area contributed by atoms with E-state index in [0.29, 0.717) is 11.3 Å². The molecule has 0 amide bonds. The molecule has 17 heavy (non-hydrogen) atoms. The Hall–Kier alpha value is -1.20. The number of thioether (sulfide) groups is 1. The normalized spacial score (nSPS) is 18.1. The quantitative estimate of drug-likeness (QED) is 0.819. The van der Waals surface area contributed by atoms with Crippen molar-refractivity contribution in [3.63, 3.8) is 0 Å². The number of esters is 1. The van der Waals surface area contributed by atoms with E-state index in [1.54, 1.807) is 23.9 Å². The van der Waals surface area contributed by atoms with Crippen LogP contribution in [0.15, 0.2) is 23.1 Å². The summed E-state index contributed by atoms with van der Waals surface area (Å²) in [5.41, 5.74) is 0.480. The first kappa shape index (κ1) is 12.3. The third-order valence-electron chi connectivity index (χ3n) is 2.42. The Morgan fingerprint density at radius 3 is 2.88 bits per heavy atom. The molecule has 2 rings (SSSR count). The number of aliphatic hydroxyl groups is 1. The predicted molar refractivity (Wildman–Crippen MR) is 64.0 cm³/mol. The van der Waals surface area contributed by atoms with E-state index in [9.17, 15) is 9.90 Å². The van der Waals surface area contributed by atoms with Gasteiger partial charge in [0.25, 0.3) is 0 Å². The van der Waals surface area contributed by atoms with Crippen molar-refractivity contribution in [2.75, 3.05) is 7.11 Å². The maximum Gasteiger partial charge on any atom is 0.339 e. The molecule has 0 saturated carbocycles. The molecule has 1 aromatic rings. The lowest BCUT2D eigenvalue weighted by atomic mass is 10.1. The summed E-state index contributed by atoms with van der Waals surface area (Å²) in [4.78, 5) is 11.9. The van der Waals surface area contributed by atoms with Crippen molar-refractivity contribution in [1.82, 2.24) is 0 Å². The minimum Gasteiger partial charge on any atom is -0.476 e. The highest BCUT2D eigenvalue weighted by molar-refractivity contribution is 8.00. The molecule has 0 fully saturated rings. The molecule has 0 radical (unpaired) electrons. The van der Waals surface area contributed by atoms with Gasteiger partial charge in [-0.1, -0.05) is 17.8 Å². The fourth-order valence-corrected chi connectivity index (χ4v) is 2.66. The summed E-state index contributed by atoms with van der Waals surface area (Å²) in [6.07, 6.45) is -1.26. The van der Waals surface area contributed by atoms with Crippen LogP contribution in [0.2, 0.25) is 0 Å². The van der Waals surface area contributed by atoms with Gasteiger partial charge < -0.3 is 14.6 Å². The Labute approximate surface area is 104 Å². The minimum absolute atomic E-state index is 0.308. The summed E-state index contributed by atoms with van der Waals surface area (Å²) >= 11 is 1.61. The van der Waals surface area contributed by atoms with E-state index in [2.05, 4.69) is 4.74 Å². The molecule has 92 valence electrons. The molecular formula is C12H14O4S. The lowest BCUT2D eigenvalue weighted by Gasteiger charge is -2.15. The summed E-state index contributed by atoms with van der Waals surface area (Å²) in [7, 11) is 1.24. The molecule has 5 heteroatoms. The Balaban J connectivity index is 2.28. The van der Waals surface area contributed by atoms with Crippen molar-refractivity contribution in [3.05, 3.63) is 23.8 Å². The summed E-state index contributed by atoms with van der Waals surface area (Å²) in [6.45, 7) is 3.93. The van der Waals surface area contributed by atoms with Crippen LogP contribution in [0.3, 0.4) is 0 Å². The molecule has 0 spiro atoms. The molecule has 1 unspecified atom stereocenters. The van der Waals surface area contributed by atoms with Gasteiger partial charge >= 0.3 is 5.97 Å². The smallest absolute Gasteiger partial charge is 0.339 e. The molecule has 1 aliphatic heterocycles. The van der Waals surface area contributed by atoms with E-state index in [4.69, 9.17) is 4.74 Å². The second-order valence-electron chi connectivity index (χ2n) is 4.24. The first-order valence-electron chi connectivity index (χ1n) is 5.21. The Kier molecular flexibility index (Phi) is 3.05. The monoisotopic (exact) mass is 254 g/mol. The van der Waals surface area contributed by atoms with E-state index in [1.807, 2.05) is 19.9 Å². The van der Waals surface area contributed by atoms with E-state index in [-0.39, 0.29) is 4.93 Å². The third-order valence-corrected chi connectivity index (χ3v) is 3.55. The van der Waals surface area contributed by atoms with E-state index in [1.165, 1.54) is 7.11 Å². The second-order valence-corrected chi connectivity index (χ2v) is 5.86. The SMILES string of the molecule is COC(=O)C(O)c1ccc2c(c1)OC(C)(C)S2. The number of carbonyl (C=O) groups is 1. The van der Waals surface area contributed by atoms with Gasteiger partial charge in [-0.05, 0) is 31.5 Å². The van der Waals surface area contributed by atoms with Crippen molar-refractivity contribution in [2.24, 2.45) is 0 Å². The zero-order chi connectivity index (χ0) is 12.6. The van der Waals surface area contributed by atoms with E-state index < -0.39 is 12.1 Å². The number of hydrogen-bond acceptors (Lipinski definition) is 5. The number of ether oxygens (including phenoxy) is 2. The van der Waals surface area contributed by atoms with Crippen LogP contribution in [-0.4, -0.2) is 23.1 Å². The van der Waals surface area contributed by atoms with Gasteiger partial charge in [-0.15, -0.1) is 0 Å². The number of methoxy groups -OCH3 is 1. The van der Waals surface area contributed by atoms with Crippen molar-refractivity contribution < 1.29 is 19.4 Å². The average molecular weight is 254 g/mol. The molecule has 0 aliphatic carbocycles. The fourth-order valence-electron chi connectivity index (χ4n) is 1.66. The lowest BCUT2D eigenvalue weighted by molar-refractivity contribution is -0.150. The highest BCUT2D eigenvalue weighted by atomic mass is 32.2. The van der Waals surface area contributed by atoms with Crippen molar-refractivity contribution in [1.29, 1.82) is 0 Å². The average Bonchev–Trinajstić information content (AvgIpc) is 2.59. The molecule has 0 bridgehead atoms. The van der Waals surface area contributed by atoms with Gasteiger partial charge in [-0.25, -0.2) is 4.79 Å². The Bertz CT molecular complexity index is 456. The molecular weight excluding hydrogens is 240 g/mol. The van der Waals surface area contributed by atoms with Crippen molar-refractivity contribution in [2.45, 2.75) is 29.8 Å². The molecule has 4 nitrogen and oxygen atoms in total. The van der Waals surface area contributed by atoms with Crippen molar-refractivity contribution in [3.8, 4) is 5.75 Å². The van der Waals surface area contributed by atoms with Gasteiger partial charge in [0.1, 0.15) is 5.75 Å². The standard InChI is InChI=1S/C12H14O4S/c1-12(2)16-8-6-7(4-5-9(8)17-12)10(13)11(14)15-3/h4-6,10,13H,1-3H3. The largest absolute Gasteiger partial charge is 0.476 e. The van der Waals surface area contributed by atoms with Gasteiger partial charge in [-0.2, -0.15) is 0 Å². The van der Waals surface area contributed by atoms with Crippen LogP contribution in [0.4, 0.5) is 0 Å². The van der Waals surface area contributed by atoms with E-state index >= 15 is 0 Å². The first-order chi connectivity index (χ1) is 7.93. The molecule has 0 aromatic heterocycles. The van der Waals surface area contributed by atoms with Crippen molar-refractivity contribution >= 4 is 17.7 Å². The molecule has 1 aromatic carbocycles. The van der Waals surface area contributed by atoms with Gasteiger partial charge in [0.15, 0.2) is 11.0 Å². The van der Waals surface area contributed by atoms with Crippen LogP contribution in [0.25, 0.3) is 0 Å². The number of benzene rings is 1. The maximum atomic E-state index is 11.2. The van der Waals surface area contributed by atoms with Gasteiger partial charge in [0, 0.05) is 0 Å². The van der Waals surface area contributed by atoms with Gasteiger partial charge in [0.2, 0.25) is 0 Å².